The van der Waals surface area contributed by atoms with Crippen molar-refractivity contribution in [3.63, 3.8) is 0 Å². The quantitative estimate of drug-likeness (QED) is 0.284. The molecule has 0 unspecified atom stereocenters. The molecule has 204 valence electrons. The van der Waals surface area contributed by atoms with Crippen molar-refractivity contribution >= 4 is 39.6 Å². The lowest BCUT2D eigenvalue weighted by Gasteiger charge is -2.37. The molecule has 2 N–H and O–H groups in total. The second kappa shape index (κ2) is 11.2. The predicted molar refractivity (Wildman–Crippen MR) is 137 cm³/mol. The lowest BCUT2D eigenvalue weighted by molar-refractivity contribution is -0.158. The maximum Gasteiger partial charge on any atom is 0.313 e. The number of halogens is 1. The van der Waals surface area contributed by atoms with Crippen LogP contribution in [0, 0.1) is 11.8 Å². The number of hydrogen-bond acceptors (Lipinski definition) is 7. The Morgan fingerprint density at radius 3 is 2.65 bits per heavy atom. The summed E-state index contributed by atoms with van der Waals surface area (Å²) >= 11 is 3.52. The standard InChI is InChI=1S/C26H36BrN3O7/c1-15(2)29-10-6-4-5-9-18(32)28-14-16(3)36-25(35)19-20-23(33)30(11-7-8-12-31)22(24(29)34)26(20)13-17(27)21(19)37-26/h4,6,13,15-16,19-22,31H,5,7-12,14H2,1-3H3,(H,28,32)/b6-4-/t16-,19+,20-,21+,22+,26-/m0/s1. The van der Waals surface area contributed by atoms with Crippen LogP contribution in [0.2, 0.25) is 0 Å². The van der Waals surface area contributed by atoms with Crippen molar-refractivity contribution in [3.8, 4) is 0 Å². The van der Waals surface area contributed by atoms with Gasteiger partial charge in [0.15, 0.2) is 0 Å². The molecule has 37 heavy (non-hydrogen) atoms. The Morgan fingerprint density at radius 2 is 1.95 bits per heavy atom. The average molecular weight is 582 g/mol. The van der Waals surface area contributed by atoms with E-state index >= 15 is 0 Å². The smallest absolute Gasteiger partial charge is 0.313 e. The molecule has 4 aliphatic heterocycles. The van der Waals surface area contributed by atoms with E-state index in [1.165, 1.54) is 4.90 Å². The van der Waals surface area contributed by atoms with Crippen LogP contribution < -0.4 is 5.32 Å². The molecule has 4 aliphatic rings. The summed E-state index contributed by atoms with van der Waals surface area (Å²) in [5.41, 5.74) is -1.30. The number of amides is 3. The molecule has 0 aromatic carbocycles. The summed E-state index contributed by atoms with van der Waals surface area (Å²) < 4.78 is 12.7. The Labute approximate surface area is 225 Å². The molecule has 11 heteroatoms. The number of fused-ring (bicyclic) bond motifs is 2. The minimum atomic E-state index is -1.30. The van der Waals surface area contributed by atoms with Gasteiger partial charge in [-0.25, -0.2) is 0 Å². The van der Waals surface area contributed by atoms with E-state index in [1.807, 2.05) is 26.0 Å². The van der Waals surface area contributed by atoms with Crippen LogP contribution in [0.3, 0.4) is 0 Å². The van der Waals surface area contributed by atoms with E-state index < -0.39 is 41.7 Å². The molecule has 10 nitrogen and oxygen atoms in total. The summed E-state index contributed by atoms with van der Waals surface area (Å²) in [6.07, 6.45) is 5.96. The van der Waals surface area contributed by atoms with Crippen LogP contribution in [0.25, 0.3) is 0 Å². The third kappa shape index (κ3) is 5.09. The normalized spacial score (nSPS) is 35.5. The van der Waals surface area contributed by atoms with E-state index in [1.54, 1.807) is 17.9 Å². The van der Waals surface area contributed by atoms with E-state index in [-0.39, 0.29) is 49.9 Å². The number of nitrogens with one attached hydrogen (secondary N) is 1. The number of aliphatic hydroxyl groups is 1. The van der Waals surface area contributed by atoms with E-state index in [0.29, 0.717) is 30.3 Å². The number of rotatable bonds is 5. The van der Waals surface area contributed by atoms with Crippen molar-refractivity contribution in [3.05, 3.63) is 22.7 Å². The highest BCUT2D eigenvalue weighted by Crippen LogP contribution is 2.58. The van der Waals surface area contributed by atoms with Gasteiger partial charge in [0.2, 0.25) is 17.7 Å². The molecular weight excluding hydrogens is 546 g/mol. The molecule has 2 fully saturated rings. The highest BCUT2D eigenvalue weighted by Gasteiger charge is 2.74. The van der Waals surface area contributed by atoms with Crippen LogP contribution in [0.15, 0.2) is 22.7 Å². The molecule has 5 bridgehead atoms. The number of cyclic esters (lactones) is 1. The molecule has 3 amide bonds. The molecule has 4 heterocycles. The second-order valence-corrected chi connectivity index (χ2v) is 11.4. The number of ether oxygens (including phenoxy) is 2. The highest BCUT2D eigenvalue weighted by molar-refractivity contribution is 9.11. The largest absolute Gasteiger partial charge is 0.460 e. The van der Waals surface area contributed by atoms with E-state index in [0.717, 1.165) is 0 Å². The summed E-state index contributed by atoms with van der Waals surface area (Å²) in [5.74, 6) is -3.16. The van der Waals surface area contributed by atoms with Gasteiger partial charge in [-0.2, -0.15) is 0 Å². The van der Waals surface area contributed by atoms with E-state index in [4.69, 9.17) is 9.47 Å². The van der Waals surface area contributed by atoms with Gasteiger partial charge >= 0.3 is 5.97 Å². The first-order valence-electron chi connectivity index (χ1n) is 13.0. The highest BCUT2D eigenvalue weighted by atomic mass is 79.9. The summed E-state index contributed by atoms with van der Waals surface area (Å²) in [6.45, 7) is 6.21. The zero-order valence-corrected chi connectivity index (χ0v) is 23.1. The fourth-order valence-corrected chi connectivity index (χ4v) is 6.53. The zero-order valence-electron chi connectivity index (χ0n) is 21.5. The molecule has 0 radical (unpaired) electrons. The monoisotopic (exact) mass is 581 g/mol. The van der Waals surface area contributed by atoms with Crippen molar-refractivity contribution in [1.82, 2.24) is 15.1 Å². The van der Waals surface area contributed by atoms with Crippen molar-refractivity contribution in [2.45, 2.75) is 76.3 Å². The maximum atomic E-state index is 14.2. The molecule has 6 atom stereocenters. The van der Waals surface area contributed by atoms with Crippen LogP contribution in [-0.2, 0) is 28.7 Å². The molecular formula is C26H36BrN3O7. The molecule has 0 aromatic rings. The number of aliphatic hydroxyl groups excluding tert-OH is 1. The third-order valence-electron chi connectivity index (χ3n) is 7.56. The Hall–Kier alpha value is -2.24. The summed E-state index contributed by atoms with van der Waals surface area (Å²) in [5, 5.41) is 12.1. The van der Waals surface area contributed by atoms with Gasteiger partial charge in [-0.05, 0) is 46.1 Å². The SMILES string of the molecule is CC(C)N1C/C=C\CCC(=O)NC[C@H](C)OC(=O)[C@H]2[C@@H]3O[C@@]4(C=C3Br)[C@@H]2C(=O)N(CCCCO)[C@@H]4C1=O. The lowest BCUT2D eigenvalue weighted by atomic mass is 9.74. The fraction of sp³-hybridized carbons (Fsp3) is 0.692. The van der Waals surface area contributed by atoms with Gasteiger partial charge < -0.3 is 29.7 Å². The van der Waals surface area contributed by atoms with Gasteiger partial charge in [0, 0.05) is 36.6 Å². The minimum absolute atomic E-state index is 0.0223. The topological polar surface area (TPSA) is 125 Å². The number of hydrogen-bond donors (Lipinski definition) is 2. The van der Waals surface area contributed by atoms with Crippen LogP contribution in [0.1, 0.15) is 46.5 Å². The number of unbranched alkanes of at least 4 members (excludes halogenated alkanes) is 1. The molecule has 1 spiro atoms. The van der Waals surface area contributed by atoms with Crippen LogP contribution in [0.5, 0.6) is 0 Å². The number of carbonyl (C=O) groups is 4. The molecule has 2 saturated heterocycles. The van der Waals surface area contributed by atoms with Crippen molar-refractivity contribution in [2.24, 2.45) is 11.8 Å². The fourth-order valence-electron chi connectivity index (χ4n) is 5.80. The predicted octanol–water partition coefficient (Wildman–Crippen LogP) is 1.27. The summed E-state index contributed by atoms with van der Waals surface area (Å²) in [6, 6.07) is -1.12. The van der Waals surface area contributed by atoms with Crippen LogP contribution >= 0.6 is 15.9 Å². The first kappa shape index (κ1) is 27.8. The summed E-state index contributed by atoms with van der Waals surface area (Å²) in [7, 11) is 0. The van der Waals surface area contributed by atoms with Gasteiger partial charge in [-0.1, -0.05) is 28.1 Å². The van der Waals surface area contributed by atoms with Crippen LogP contribution in [0.4, 0.5) is 0 Å². The molecule has 4 rings (SSSR count). The van der Waals surface area contributed by atoms with E-state index in [9.17, 15) is 24.3 Å². The van der Waals surface area contributed by atoms with Crippen molar-refractivity contribution in [2.75, 3.05) is 26.2 Å². The Bertz CT molecular complexity index is 999. The van der Waals surface area contributed by atoms with Gasteiger partial charge in [-0.15, -0.1) is 0 Å². The third-order valence-corrected chi connectivity index (χ3v) is 8.24. The number of allylic oxidation sites excluding steroid dienone is 1. The van der Waals surface area contributed by atoms with Crippen molar-refractivity contribution < 1.29 is 33.8 Å². The Morgan fingerprint density at radius 1 is 1.19 bits per heavy atom. The Balaban J connectivity index is 1.77. The van der Waals surface area contributed by atoms with Gasteiger partial charge in [0.1, 0.15) is 29.8 Å². The molecule has 0 aliphatic carbocycles. The number of nitrogens with zero attached hydrogens (tertiary/aromatic N) is 2. The number of carbonyl (C=O) groups excluding carboxylic acids is 4. The van der Waals surface area contributed by atoms with Gasteiger partial charge in [0.25, 0.3) is 0 Å². The van der Waals surface area contributed by atoms with Gasteiger partial charge in [-0.3, -0.25) is 19.2 Å². The first-order valence-corrected chi connectivity index (χ1v) is 13.8. The van der Waals surface area contributed by atoms with Gasteiger partial charge in [0.05, 0.1) is 12.5 Å². The molecule has 0 aromatic heterocycles. The zero-order chi connectivity index (χ0) is 26.9. The lowest BCUT2D eigenvalue weighted by Crippen LogP contribution is -2.57. The number of likely N-dealkylation sites (tertiary alicyclic amines) is 1. The summed E-state index contributed by atoms with van der Waals surface area (Å²) in [4.78, 5) is 56.9. The van der Waals surface area contributed by atoms with Crippen molar-refractivity contribution in [1.29, 1.82) is 0 Å². The van der Waals surface area contributed by atoms with Crippen LogP contribution in [-0.4, -0.2) is 94.7 Å². The number of esters is 1. The maximum absolute atomic E-state index is 14.2. The first-order chi connectivity index (χ1) is 17.6. The average Bonchev–Trinajstić information content (AvgIpc) is 3.42. The second-order valence-electron chi connectivity index (χ2n) is 10.4. The minimum Gasteiger partial charge on any atom is -0.460 e. The Kier molecular flexibility index (Phi) is 8.45. The van der Waals surface area contributed by atoms with E-state index in [2.05, 4.69) is 21.2 Å². The molecule has 0 saturated carbocycles.